The highest BCUT2D eigenvalue weighted by Crippen LogP contribution is 2.33. The number of nitrogens with two attached hydrogens (primary N) is 1. The van der Waals surface area contributed by atoms with E-state index in [4.69, 9.17) is 30.9 Å². The molecule has 2 aromatic rings. The van der Waals surface area contributed by atoms with Crippen LogP contribution in [0.1, 0.15) is 40.4 Å². The molecule has 2 aromatic carbocycles. The standard InChI is InChI=1S/C22H24FN3O2.C4H6O6/c1-15(25)10-16-11-17-6-8-26(21(17)19(12-16)14-24)7-3-9-28-22(27)18-4-2-5-20(23)13-18;5-1(3(7)8)2(6)4(9)10/h2,4-5,11-13,15H,3,6-10,25H2,1H3;1-2,5-6H,(H,7,8)(H,9,10)/t15-;1-,2-/m11/s1. The molecule has 6 N–H and O–H groups in total. The van der Waals surface area contributed by atoms with E-state index in [-0.39, 0.29) is 18.2 Å². The molecule has 0 unspecified atom stereocenters. The van der Waals surface area contributed by atoms with Crippen LogP contribution in [0.25, 0.3) is 0 Å². The average Bonchev–Trinajstić information content (AvgIpc) is 3.27. The number of aliphatic carboxylic acids is 2. The topological polar surface area (TPSA) is 194 Å². The van der Waals surface area contributed by atoms with E-state index in [1.54, 1.807) is 0 Å². The van der Waals surface area contributed by atoms with E-state index < -0.39 is 35.9 Å². The average molecular weight is 532 g/mol. The first-order chi connectivity index (χ1) is 17.9. The Morgan fingerprint density at radius 2 is 1.82 bits per heavy atom. The summed E-state index contributed by atoms with van der Waals surface area (Å²) in [5, 5.41) is 42.1. The molecule has 0 aliphatic carbocycles. The molecule has 3 rings (SSSR count). The molecular weight excluding hydrogens is 501 g/mol. The lowest BCUT2D eigenvalue weighted by Gasteiger charge is -2.21. The van der Waals surface area contributed by atoms with Gasteiger partial charge in [-0.1, -0.05) is 12.1 Å². The normalized spacial score (nSPS) is 14.3. The van der Waals surface area contributed by atoms with Crippen molar-refractivity contribution in [3.05, 3.63) is 64.5 Å². The number of carbonyl (C=O) groups is 3. The zero-order valence-electron chi connectivity index (χ0n) is 20.7. The van der Waals surface area contributed by atoms with Gasteiger partial charge >= 0.3 is 17.9 Å². The number of nitriles is 1. The number of aliphatic hydroxyl groups is 2. The van der Waals surface area contributed by atoms with Crippen molar-refractivity contribution in [3.8, 4) is 6.07 Å². The van der Waals surface area contributed by atoms with E-state index in [1.165, 1.54) is 23.8 Å². The van der Waals surface area contributed by atoms with Crippen LogP contribution in [0.15, 0.2) is 36.4 Å². The first-order valence-electron chi connectivity index (χ1n) is 11.8. The fourth-order valence-electron chi connectivity index (χ4n) is 3.88. The summed E-state index contributed by atoms with van der Waals surface area (Å²) in [6, 6.07) is 11.9. The number of rotatable bonds is 10. The Morgan fingerprint density at radius 1 is 1.16 bits per heavy atom. The van der Waals surface area contributed by atoms with E-state index in [0.29, 0.717) is 18.5 Å². The van der Waals surface area contributed by atoms with Gasteiger partial charge in [0.1, 0.15) is 11.9 Å². The third-order valence-corrected chi connectivity index (χ3v) is 5.57. The first kappa shape index (κ1) is 30.2. The maximum Gasteiger partial charge on any atom is 0.338 e. The summed E-state index contributed by atoms with van der Waals surface area (Å²) in [6.07, 6.45) is -2.26. The summed E-state index contributed by atoms with van der Waals surface area (Å²) >= 11 is 0. The van der Waals surface area contributed by atoms with Gasteiger partial charge in [-0.15, -0.1) is 0 Å². The van der Waals surface area contributed by atoms with Gasteiger partial charge in [0.15, 0.2) is 12.2 Å². The number of halogens is 1. The maximum absolute atomic E-state index is 13.2. The molecule has 12 heteroatoms. The smallest absolute Gasteiger partial charge is 0.338 e. The predicted octanol–water partition coefficient (Wildman–Crippen LogP) is 1.07. The Morgan fingerprint density at radius 3 is 2.37 bits per heavy atom. The fourth-order valence-corrected chi connectivity index (χ4v) is 3.88. The minimum absolute atomic E-state index is 0.0508. The van der Waals surface area contributed by atoms with Crippen molar-refractivity contribution < 1.29 is 43.9 Å². The summed E-state index contributed by atoms with van der Waals surface area (Å²) in [4.78, 5) is 33.7. The number of anilines is 1. The minimum atomic E-state index is -2.27. The van der Waals surface area contributed by atoms with E-state index in [1.807, 2.05) is 13.0 Å². The van der Waals surface area contributed by atoms with Gasteiger partial charge in [-0.05, 0) is 61.6 Å². The Bertz CT molecular complexity index is 1180. The summed E-state index contributed by atoms with van der Waals surface area (Å²) in [6.45, 7) is 3.72. The van der Waals surface area contributed by atoms with E-state index >= 15 is 0 Å². The number of esters is 1. The van der Waals surface area contributed by atoms with Gasteiger partial charge in [-0.3, -0.25) is 0 Å². The number of hydrogen-bond acceptors (Lipinski definition) is 9. The molecule has 1 aliphatic heterocycles. The Hall–Kier alpha value is -4.05. The lowest BCUT2D eigenvalue weighted by molar-refractivity contribution is -0.165. The minimum Gasteiger partial charge on any atom is -0.479 e. The van der Waals surface area contributed by atoms with Crippen LogP contribution in [0, 0.1) is 17.1 Å². The van der Waals surface area contributed by atoms with Gasteiger partial charge in [0, 0.05) is 19.1 Å². The summed E-state index contributed by atoms with van der Waals surface area (Å²) in [5.74, 6) is -4.53. The van der Waals surface area contributed by atoms with Crippen LogP contribution in [-0.4, -0.2) is 76.3 Å². The van der Waals surface area contributed by atoms with Crippen LogP contribution in [0.5, 0.6) is 0 Å². The van der Waals surface area contributed by atoms with Crippen molar-refractivity contribution in [1.82, 2.24) is 0 Å². The molecule has 0 saturated heterocycles. The number of hydrogen-bond donors (Lipinski definition) is 5. The van der Waals surface area contributed by atoms with Crippen LogP contribution in [0.2, 0.25) is 0 Å². The molecule has 1 heterocycles. The maximum atomic E-state index is 13.2. The van der Waals surface area contributed by atoms with Crippen molar-refractivity contribution in [3.63, 3.8) is 0 Å². The van der Waals surface area contributed by atoms with Gasteiger partial charge in [0.25, 0.3) is 0 Å². The molecule has 0 saturated carbocycles. The molecule has 0 amide bonds. The molecule has 38 heavy (non-hydrogen) atoms. The quantitative estimate of drug-likeness (QED) is 0.217. The highest BCUT2D eigenvalue weighted by Gasteiger charge is 2.29. The molecule has 1 aliphatic rings. The van der Waals surface area contributed by atoms with Crippen LogP contribution in [0.4, 0.5) is 10.1 Å². The largest absolute Gasteiger partial charge is 0.479 e. The molecule has 0 fully saturated rings. The number of aliphatic hydroxyl groups excluding tert-OH is 2. The number of carboxylic acids is 2. The van der Waals surface area contributed by atoms with Crippen molar-refractivity contribution in [2.45, 2.75) is 44.4 Å². The molecular formula is C26H30FN3O8. The Balaban J connectivity index is 0.000000432. The molecule has 204 valence electrons. The summed E-state index contributed by atoms with van der Waals surface area (Å²) in [7, 11) is 0. The van der Waals surface area contributed by atoms with Gasteiger partial charge in [-0.25, -0.2) is 18.8 Å². The van der Waals surface area contributed by atoms with Crippen molar-refractivity contribution in [1.29, 1.82) is 5.26 Å². The van der Waals surface area contributed by atoms with Crippen molar-refractivity contribution in [2.75, 3.05) is 24.6 Å². The van der Waals surface area contributed by atoms with Gasteiger partial charge in [0.2, 0.25) is 0 Å². The summed E-state index contributed by atoms with van der Waals surface area (Å²) in [5.41, 5.74) is 10.0. The van der Waals surface area contributed by atoms with Crippen molar-refractivity contribution >= 4 is 23.6 Å². The molecule has 0 spiro atoms. The number of nitrogens with zero attached hydrogens (tertiary/aromatic N) is 2. The first-order valence-corrected chi connectivity index (χ1v) is 11.8. The highest BCUT2D eigenvalue weighted by molar-refractivity contribution is 5.89. The second kappa shape index (κ2) is 14.0. The van der Waals surface area contributed by atoms with Crippen LogP contribution < -0.4 is 10.6 Å². The Kier molecular flexibility index (Phi) is 11.1. The van der Waals surface area contributed by atoms with E-state index in [2.05, 4.69) is 17.0 Å². The molecule has 0 bridgehead atoms. The fraction of sp³-hybridized carbons (Fsp3) is 0.385. The lowest BCUT2D eigenvalue weighted by Crippen LogP contribution is -2.39. The van der Waals surface area contributed by atoms with Crippen molar-refractivity contribution in [2.24, 2.45) is 5.73 Å². The third-order valence-electron chi connectivity index (χ3n) is 5.57. The Labute approximate surface area is 218 Å². The highest BCUT2D eigenvalue weighted by atomic mass is 19.1. The second-order valence-corrected chi connectivity index (χ2v) is 8.75. The zero-order valence-corrected chi connectivity index (χ0v) is 20.7. The second-order valence-electron chi connectivity index (χ2n) is 8.75. The van der Waals surface area contributed by atoms with Crippen LogP contribution in [-0.2, 0) is 27.2 Å². The monoisotopic (exact) mass is 531 g/mol. The number of carbonyl (C=O) groups excluding carboxylic acids is 1. The van der Waals surface area contributed by atoms with Gasteiger partial charge < -0.3 is 35.8 Å². The lowest BCUT2D eigenvalue weighted by atomic mass is 9.99. The third kappa shape index (κ3) is 8.52. The molecule has 0 radical (unpaired) electrons. The number of benzene rings is 2. The number of fused-ring (bicyclic) bond motifs is 1. The molecule has 3 atom stereocenters. The van der Waals surface area contributed by atoms with Crippen LogP contribution >= 0.6 is 0 Å². The van der Waals surface area contributed by atoms with Gasteiger partial charge in [0.05, 0.1) is 23.4 Å². The van der Waals surface area contributed by atoms with Crippen LogP contribution in [0.3, 0.4) is 0 Å². The predicted molar refractivity (Wildman–Crippen MR) is 133 cm³/mol. The van der Waals surface area contributed by atoms with E-state index in [9.17, 15) is 24.0 Å². The zero-order chi connectivity index (χ0) is 28.4. The number of ether oxygens (including phenoxy) is 1. The number of carboxylic acid groups (broad SMARTS) is 2. The molecule has 0 aromatic heterocycles. The van der Waals surface area contributed by atoms with Gasteiger partial charge in [-0.2, -0.15) is 5.26 Å². The molecule has 11 nitrogen and oxygen atoms in total. The summed E-state index contributed by atoms with van der Waals surface area (Å²) < 4.78 is 18.4. The SMILES string of the molecule is C[C@@H](N)Cc1cc(C#N)c2c(c1)CCN2CCCOC(=O)c1cccc(F)c1.O=C(O)[C@H](O)[C@@H](O)C(=O)O. The van der Waals surface area contributed by atoms with E-state index in [0.717, 1.165) is 36.7 Å².